The van der Waals surface area contributed by atoms with Crippen LogP contribution in [0.1, 0.15) is 12.0 Å². The minimum Gasteiger partial charge on any atom is -0.369 e. The number of hydrogen-bond donors (Lipinski definition) is 1. The van der Waals surface area contributed by atoms with Crippen LogP contribution in [0.4, 0.5) is 0 Å². The lowest BCUT2D eigenvalue weighted by Crippen LogP contribution is -2.07. The van der Waals surface area contributed by atoms with E-state index in [9.17, 15) is 4.79 Å². The smallest absolute Gasteiger partial charge is 0.221 e. The Morgan fingerprint density at radius 2 is 2.27 bits per heavy atom. The molecule has 0 aliphatic carbocycles. The maximum Gasteiger partial charge on any atom is 0.221 e. The summed E-state index contributed by atoms with van der Waals surface area (Å²) in [7, 11) is 0. The zero-order valence-corrected chi connectivity index (χ0v) is 8.96. The van der Waals surface area contributed by atoms with Gasteiger partial charge < -0.3 is 5.73 Å². The number of thiophene rings is 1. The second-order valence-corrected chi connectivity index (χ2v) is 4.18. The zero-order chi connectivity index (χ0) is 10.7. The van der Waals surface area contributed by atoms with Crippen molar-refractivity contribution in [3.8, 4) is 0 Å². The SMILES string of the molecule is NC(=O)CC=Cc1cccc2ccsc12. The standard InChI is InChI=1S/C12H11NOS/c13-11(14)6-2-5-9-3-1-4-10-7-8-15-12(9)10/h1-5,7-8H,6H2,(H2,13,14). The Hall–Kier alpha value is -1.61. The Morgan fingerprint density at radius 3 is 3.07 bits per heavy atom. The van der Waals surface area contributed by atoms with Gasteiger partial charge in [0.15, 0.2) is 0 Å². The number of carbonyl (C=O) groups is 1. The van der Waals surface area contributed by atoms with E-state index in [1.54, 1.807) is 17.4 Å². The van der Waals surface area contributed by atoms with Crippen molar-refractivity contribution in [2.75, 3.05) is 0 Å². The summed E-state index contributed by atoms with van der Waals surface area (Å²) >= 11 is 1.71. The molecule has 1 aromatic heterocycles. The van der Waals surface area contributed by atoms with E-state index < -0.39 is 0 Å². The second kappa shape index (κ2) is 4.28. The van der Waals surface area contributed by atoms with Crippen LogP contribution in [0, 0.1) is 0 Å². The zero-order valence-electron chi connectivity index (χ0n) is 8.14. The highest BCUT2D eigenvalue weighted by Gasteiger charge is 1.98. The van der Waals surface area contributed by atoms with Crippen LogP contribution in [0.15, 0.2) is 35.7 Å². The summed E-state index contributed by atoms with van der Waals surface area (Å²) in [5.41, 5.74) is 6.20. The molecule has 0 saturated carbocycles. The molecule has 1 aromatic carbocycles. The molecule has 1 heterocycles. The average Bonchev–Trinajstić information content (AvgIpc) is 2.65. The van der Waals surface area contributed by atoms with E-state index in [1.165, 1.54) is 10.1 Å². The summed E-state index contributed by atoms with van der Waals surface area (Å²) in [6, 6.07) is 8.22. The first-order chi connectivity index (χ1) is 7.27. The quantitative estimate of drug-likeness (QED) is 0.844. The van der Waals surface area contributed by atoms with Crippen LogP contribution >= 0.6 is 11.3 Å². The summed E-state index contributed by atoms with van der Waals surface area (Å²) in [6.07, 6.45) is 4.04. The van der Waals surface area contributed by atoms with E-state index in [4.69, 9.17) is 5.73 Å². The topological polar surface area (TPSA) is 43.1 Å². The normalized spacial score (nSPS) is 11.2. The molecule has 0 aliphatic rings. The van der Waals surface area contributed by atoms with E-state index in [0.717, 1.165) is 5.56 Å². The molecule has 0 fully saturated rings. The van der Waals surface area contributed by atoms with E-state index >= 15 is 0 Å². The lowest BCUT2D eigenvalue weighted by atomic mass is 10.1. The summed E-state index contributed by atoms with van der Waals surface area (Å²) in [5.74, 6) is -0.301. The van der Waals surface area contributed by atoms with Gasteiger partial charge in [-0.05, 0) is 22.4 Å². The van der Waals surface area contributed by atoms with Crippen LogP contribution in [-0.2, 0) is 4.79 Å². The molecule has 2 aromatic rings. The number of rotatable bonds is 3. The molecule has 0 bridgehead atoms. The molecule has 0 radical (unpaired) electrons. The van der Waals surface area contributed by atoms with Crippen LogP contribution in [-0.4, -0.2) is 5.91 Å². The van der Waals surface area contributed by atoms with E-state index in [0.29, 0.717) is 6.42 Å². The second-order valence-electron chi connectivity index (χ2n) is 3.26. The lowest BCUT2D eigenvalue weighted by molar-refractivity contribution is -0.117. The minimum atomic E-state index is -0.301. The Morgan fingerprint density at radius 1 is 1.40 bits per heavy atom. The average molecular weight is 217 g/mol. The Bertz CT molecular complexity index is 513. The largest absolute Gasteiger partial charge is 0.369 e. The maximum absolute atomic E-state index is 10.6. The Balaban J connectivity index is 2.31. The third-order valence-electron chi connectivity index (χ3n) is 2.13. The highest BCUT2D eigenvalue weighted by atomic mass is 32.1. The van der Waals surface area contributed by atoms with Gasteiger partial charge in [-0.3, -0.25) is 4.79 Å². The van der Waals surface area contributed by atoms with Gasteiger partial charge >= 0.3 is 0 Å². The van der Waals surface area contributed by atoms with Crippen molar-refractivity contribution >= 4 is 33.4 Å². The number of primary amides is 1. The van der Waals surface area contributed by atoms with Crippen molar-refractivity contribution in [1.82, 2.24) is 0 Å². The molecule has 2 nitrogen and oxygen atoms in total. The van der Waals surface area contributed by atoms with Gasteiger partial charge in [0.25, 0.3) is 0 Å². The number of hydrogen-bond acceptors (Lipinski definition) is 2. The number of nitrogens with two attached hydrogens (primary N) is 1. The number of carbonyl (C=O) groups excluding carboxylic acids is 1. The molecule has 2 rings (SSSR count). The molecule has 0 spiro atoms. The van der Waals surface area contributed by atoms with Gasteiger partial charge in [0, 0.05) is 11.1 Å². The monoisotopic (exact) mass is 217 g/mol. The van der Waals surface area contributed by atoms with Gasteiger partial charge in [-0.2, -0.15) is 0 Å². The summed E-state index contributed by atoms with van der Waals surface area (Å²) < 4.78 is 1.25. The van der Waals surface area contributed by atoms with Gasteiger partial charge in [-0.1, -0.05) is 30.4 Å². The van der Waals surface area contributed by atoms with Crippen molar-refractivity contribution < 1.29 is 4.79 Å². The number of fused-ring (bicyclic) bond motifs is 1. The van der Waals surface area contributed by atoms with E-state index in [-0.39, 0.29) is 5.91 Å². The molecule has 15 heavy (non-hydrogen) atoms. The van der Waals surface area contributed by atoms with Crippen molar-refractivity contribution in [3.63, 3.8) is 0 Å². The fraction of sp³-hybridized carbons (Fsp3) is 0.0833. The van der Waals surface area contributed by atoms with Crippen molar-refractivity contribution in [2.45, 2.75) is 6.42 Å². The van der Waals surface area contributed by atoms with Crippen molar-refractivity contribution in [2.24, 2.45) is 5.73 Å². The van der Waals surface area contributed by atoms with Crippen LogP contribution in [0.25, 0.3) is 16.2 Å². The first-order valence-corrected chi connectivity index (χ1v) is 5.56. The highest BCUT2D eigenvalue weighted by Crippen LogP contribution is 2.25. The molecular formula is C12H11NOS. The summed E-state index contributed by atoms with van der Waals surface area (Å²) in [4.78, 5) is 10.6. The fourth-order valence-electron chi connectivity index (χ4n) is 1.45. The fourth-order valence-corrected chi connectivity index (χ4v) is 2.34. The number of benzene rings is 1. The van der Waals surface area contributed by atoms with Crippen LogP contribution in [0.3, 0.4) is 0 Å². The predicted octanol–water partition coefficient (Wildman–Crippen LogP) is 2.79. The van der Waals surface area contributed by atoms with E-state index in [2.05, 4.69) is 17.5 Å². The molecule has 0 saturated heterocycles. The van der Waals surface area contributed by atoms with Gasteiger partial charge in [-0.25, -0.2) is 0 Å². The summed E-state index contributed by atoms with van der Waals surface area (Å²) in [6.45, 7) is 0. The summed E-state index contributed by atoms with van der Waals surface area (Å²) in [5, 5.41) is 3.30. The molecule has 76 valence electrons. The van der Waals surface area contributed by atoms with Gasteiger partial charge in [-0.15, -0.1) is 11.3 Å². The maximum atomic E-state index is 10.6. The Labute approximate surface area is 92.0 Å². The third-order valence-corrected chi connectivity index (χ3v) is 3.11. The molecular weight excluding hydrogens is 206 g/mol. The van der Waals surface area contributed by atoms with Crippen molar-refractivity contribution in [3.05, 3.63) is 41.3 Å². The van der Waals surface area contributed by atoms with Crippen LogP contribution < -0.4 is 5.73 Å². The first kappa shape index (κ1) is 9.93. The molecule has 1 amide bonds. The van der Waals surface area contributed by atoms with Gasteiger partial charge in [0.2, 0.25) is 5.91 Å². The lowest BCUT2D eigenvalue weighted by Gasteiger charge is -1.95. The van der Waals surface area contributed by atoms with Gasteiger partial charge in [0.05, 0.1) is 0 Å². The number of amides is 1. The molecule has 0 atom stereocenters. The molecule has 0 unspecified atom stereocenters. The van der Waals surface area contributed by atoms with Crippen LogP contribution in [0.2, 0.25) is 0 Å². The minimum absolute atomic E-state index is 0.293. The van der Waals surface area contributed by atoms with Crippen LogP contribution in [0.5, 0.6) is 0 Å². The van der Waals surface area contributed by atoms with Crippen molar-refractivity contribution in [1.29, 1.82) is 0 Å². The highest BCUT2D eigenvalue weighted by molar-refractivity contribution is 7.17. The molecule has 0 aliphatic heterocycles. The Kier molecular flexibility index (Phi) is 2.83. The third kappa shape index (κ3) is 2.25. The predicted molar refractivity (Wildman–Crippen MR) is 64.7 cm³/mol. The van der Waals surface area contributed by atoms with E-state index in [1.807, 2.05) is 18.2 Å². The molecule has 3 heteroatoms. The first-order valence-electron chi connectivity index (χ1n) is 4.68. The molecule has 2 N–H and O–H groups in total. The van der Waals surface area contributed by atoms with Gasteiger partial charge in [0.1, 0.15) is 0 Å².